The standard InChI is InChI=1S/C39H26N3O/c1-4-12-26(13-5-1)27-20-22-28(23-21-27)33-24-31(25-35-36(33)32-18-10-11-19-34(32)43-35)39-41-37(29-14-6-2-7-15-29)40-38(42-39)30-16-8-3-9-17-30/h1-25,37H/q-1. The summed E-state index contributed by atoms with van der Waals surface area (Å²) in [7, 11) is 0. The predicted molar refractivity (Wildman–Crippen MR) is 177 cm³/mol. The molecule has 8 rings (SSSR count). The fourth-order valence-electron chi connectivity index (χ4n) is 5.74. The molecule has 1 aromatic heterocycles. The highest BCUT2D eigenvalue weighted by atomic mass is 16.3. The Kier molecular flexibility index (Phi) is 6.16. The molecule has 0 saturated heterocycles. The van der Waals surface area contributed by atoms with Crippen LogP contribution in [0.2, 0.25) is 0 Å². The number of furan rings is 1. The number of nitrogens with zero attached hydrogens (tertiary/aromatic N) is 3. The number of hydrogen-bond acceptors (Lipinski definition) is 3. The fraction of sp³-hybridized carbons (Fsp3) is 0.0256. The zero-order valence-corrected chi connectivity index (χ0v) is 23.3. The summed E-state index contributed by atoms with van der Waals surface area (Å²) < 4.78 is 6.44. The smallest absolute Gasteiger partial charge is 0.136 e. The molecule has 1 aliphatic heterocycles. The molecule has 0 radical (unpaired) electrons. The quantitative estimate of drug-likeness (QED) is 0.210. The maximum atomic E-state index is 6.44. The lowest BCUT2D eigenvalue weighted by Gasteiger charge is -2.32. The Morgan fingerprint density at radius 1 is 0.512 bits per heavy atom. The third-order valence-corrected chi connectivity index (χ3v) is 7.87. The van der Waals surface area contributed by atoms with Gasteiger partial charge in [0.25, 0.3) is 0 Å². The largest absolute Gasteiger partial charge is 0.456 e. The zero-order valence-electron chi connectivity index (χ0n) is 23.3. The fourth-order valence-corrected chi connectivity index (χ4v) is 5.74. The Morgan fingerprint density at radius 3 is 1.86 bits per heavy atom. The number of amidine groups is 2. The molecule has 1 aliphatic rings. The molecule has 1 unspecified atom stereocenters. The van der Waals surface area contributed by atoms with Crippen LogP contribution >= 0.6 is 0 Å². The third kappa shape index (κ3) is 4.69. The average Bonchev–Trinajstić information content (AvgIpc) is 3.48. The van der Waals surface area contributed by atoms with Crippen LogP contribution in [0.25, 0.3) is 49.5 Å². The first kappa shape index (κ1) is 25.0. The summed E-state index contributed by atoms with van der Waals surface area (Å²) in [6.07, 6.45) is -0.399. The third-order valence-electron chi connectivity index (χ3n) is 7.87. The molecule has 43 heavy (non-hydrogen) atoms. The summed E-state index contributed by atoms with van der Waals surface area (Å²) in [6, 6.07) is 51.9. The summed E-state index contributed by atoms with van der Waals surface area (Å²) in [6.45, 7) is 0. The van der Waals surface area contributed by atoms with E-state index >= 15 is 0 Å². The number of hydrogen-bond donors (Lipinski definition) is 0. The van der Waals surface area contributed by atoms with Crippen molar-refractivity contribution in [3.8, 4) is 22.3 Å². The van der Waals surface area contributed by atoms with Crippen LogP contribution in [0, 0.1) is 0 Å². The van der Waals surface area contributed by atoms with E-state index in [-0.39, 0.29) is 0 Å². The van der Waals surface area contributed by atoms with Crippen molar-refractivity contribution in [2.45, 2.75) is 6.17 Å². The van der Waals surface area contributed by atoms with Crippen LogP contribution < -0.4 is 0 Å². The molecule has 4 heteroatoms. The van der Waals surface area contributed by atoms with Gasteiger partial charge in [-0.2, -0.15) is 0 Å². The van der Waals surface area contributed by atoms with Gasteiger partial charge in [-0.25, -0.2) is 0 Å². The molecule has 4 nitrogen and oxygen atoms in total. The molecule has 7 aromatic rings. The number of fused-ring (bicyclic) bond motifs is 3. The Morgan fingerprint density at radius 2 is 1.12 bits per heavy atom. The highest BCUT2D eigenvalue weighted by molar-refractivity contribution is 6.21. The van der Waals surface area contributed by atoms with Crippen molar-refractivity contribution in [1.29, 1.82) is 0 Å². The van der Waals surface area contributed by atoms with Crippen LogP contribution in [0.3, 0.4) is 0 Å². The van der Waals surface area contributed by atoms with E-state index in [4.69, 9.17) is 19.7 Å². The van der Waals surface area contributed by atoms with Gasteiger partial charge in [0.15, 0.2) is 0 Å². The lowest BCUT2D eigenvalue weighted by Crippen LogP contribution is -2.16. The van der Waals surface area contributed by atoms with Crippen LogP contribution in [0.1, 0.15) is 22.9 Å². The molecule has 0 aliphatic carbocycles. The van der Waals surface area contributed by atoms with Gasteiger partial charge >= 0.3 is 0 Å². The first-order chi connectivity index (χ1) is 21.3. The van der Waals surface area contributed by atoms with E-state index in [1.165, 1.54) is 11.1 Å². The highest BCUT2D eigenvalue weighted by Crippen LogP contribution is 2.40. The van der Waals surface area contributed by atoms with Gasteiger partial charge in [0.1, 0.15) is 11.2 Å². The van der Waals surface area contributed by atoms with Crippen molar-refractivity contribution in [3.63, 3.8) is 0 Å². The van der Waals surface area contributed by atoms with E-state index in [0.717, 1.165) is 49.8 Å². The van der Waals surface area contributed by atoms with E-state index in [1.807, 2.05) is 66.7 Å². The minimum atomic E-state index is -0.399. The monoisotopic (exact) mass is 552 g/mol. The van der Waals surface area contributed by atoms with Gasteiger partial charge in [0, 0.05) is 10.8 Å². The van der Waals surface area contributed by atoms with E-state index in [2.05, 4.69) is 84.9 Å². The highest BCUT2D eigenvalue weighted by Gasteiger charge is 2.18. The van der Waals surface area contributed by atoms with E-state index in [0.29, 0.717) is 11.7 Å². The number of rotatable bonds is 5. The molecule has 2 heterocycles. The van der Waals surface area contributed by atoms with Crippen LogP contribution in [0.4, 0.5) is 0 Å². The molecular formula is C39H26N3O-. The van der Waals surface area contributed by atoms with Gasteiger partial charge in [-0.05, 0) is 57.1 Å². The minimum Gasteiger partial charge on any atom is -0.456 e. The lowest BCUT2D eigenvalue weighted by molar-refractivity contribution is 0.669. The SMILES string of the molecule is c1ccc(C2=NC(c3ccccc3)[N-]C(c3cc(-c4ccc(-c5ccccc5)cc4)c4c(c3)oc3ccccc34)=N2)cc1. The normalized spacial score (nSPS) is 14.7. The first-order valence-electron chi connectivity index (χ1n) is 14.4. The second-order valence-corrected chi connectivity index (χ2v) is 10.6. The second kappa shape index (κ2) is 10.6. The minimum absolute atomic E-state index is 0.399. The number of aliphatic imine (C=N–C) groups is 2. The van der Waals surface area contributed by atoms with Crippen LogP contribution in [-0.2, 0) is 0 Å². The lowest BCUT2D eigenvalue weighted by atomic mass is 9.94. The van der Waals surface area contributed by atoms with Gasteiger partial charge in [0.2, 0.25) is 0 Å². The van der Waals surface area contributed by atoms with E-state index < -0.39 is 6.17 Å². The van der Waals surface area contributed by atoms with Gasteiger partial charge in [0.05, 0.1) is 12.0 Å². The second-order valence-electron chi connectivity index (χ2n) is 10.6. The maximum Gasteiger partial charge on any atom is 0.136 e. The Bertz CT molecular complexity index is 2130. The summed E-state index contributed by atoms with van der Waals surface area (Å²) in [5.41, 5.74) is 9.07. The Labute approximate surface area is 249 Å². The van der Waals surface area contributed by atoms with Crippen molar-refractivity contribution >= 4 is 33.6 Å². The van der Waals surface area contributed by atoms with Crippen molar-refractivity contribution < 1.29 is 4.42 Å². The van der Waals surface area contributed by atoms with Gasteiger partial charge in [-0.1, -0.05) is 139 Å². The molecule has 0 amide bonds. The van der Waals surface area contributed by atoms with Crippen molar-refractivity contribution in [2.24, 2.45) is 9.98 Å². The Hall–Kier alpha value is -5.74. The van der Waals surface area contributed by atoms with Crippen LogP contribution in [0.5, 0.6) is 0 Å². The molecule has 1 atom stereocenters. The van der Waals surface area contributed by atoms with Crippen LogP contribution in [0.15, 0.2) is 166 Å². The first-order valence-corrected chi connectivity index (χ1v) is 14.4. The topological polar surface area (TPSA) is 52.0 Å². The van der Waals surface area contributed by atoms with Crippen molar-refractivity contribution in [2.75, 3.05) is 0 Å². The molecule has 204 valence electrons. The number of benzene rings is 6. The molecule has 0 bridgehead atoms. The Balaban J connectivity index is 1.30. The van der Waals surface area contributed by atoms with Gasteiger partial charge in [-0.3, -0.25) is 4.99 Å². The molecule has 0 N–H and O–H groups in total. The van der Waals surface area contributed by atoms with Gasteiger partial charge in [-0.15, -0.1) is 0 Å². The van der Waals surface area contributed by atoms with E-state index in [1.54, 1.807) is 0 Å². The zero-order chi connectivity index (χ0) is 28.6. The van der Waals surface area contributed by atoms with Crippen LogP contribution in [-0.4, -0.2) is 11.7 Å². The maximum absolute atomic E-state index is 6.44. The molecule has 6 aromatic carbocycles. The van der Waals surface area contributed by atoms with Crippen molar-refractivity contribution in [1.82, 2.24) is 0 Å². The summed E-state index contributed by atoms with van der Waals surface area (Å²) in [4.78, 5) is 9.96. The van der Waals surface area contributed by atoms with Gasteiger partial charge < -0.3 is 14.7 Å². The molecule has 0 spiro atoms. The summed E-state index contributed by atoms with van der Waals surface area (Å²) >= 11 is 0. The summed E-state index contributed by atoms with van der Waals surface area (Å²) in [5.74, 6) is 1.30. The van der Waals surface area contributed by atoms with E-state index in [9.17, 15) is 0 Å². The number of para-hydroxylation sites is 1. The molecular weight excluding hydrogens is 526 g/mol. The average molecular weight is 553 g/mol. The summed E-state index contributed by atoms with van der Waals surface area (Å²) in [5, 5.41) is 7.24. The molecule has 0 saturated carbocycles. The molecule has 0 fully saturated rings. The van der Waals surface area contributed by atoms with Crippen molar-refractivity contribution in [3.05, 3.63) is 174 Å². The predicted octanol–water partition coefficient (Wildman–Crippen LogP) is 10.2.